The van der Waals surface area contributed by atoms with Crippen molar-refractivity contribution in [1.29, 1.82) is 0 Å². The molecular weight excluding hydrogens is 248 g/mol. The average Bonchev–Trinajstić information content (AvgIpc) is 2.51. The summed E-state index contributed by atoms with van der Waals surface area (Å²) >= 11 is 0. The lowest BCUT2D eigenvalue weighted by Gasteiger charge is -2.08. The molecule has 0 saturated carbocycles. The van der Waals surface area contributed by atoms with Crippen LogP contribution < -0.4 is 9.47 Å². The quantitative estimate of drug-likeness (QED) is 0.652. The Kier molecular flexibility index (Phi) is 3.65. The number of para-hydroxylation sites is 1. The first kappa shape index (κ1) is 12.3. The van der Waals surface area contributed by atoms with Gasteiger partial charge < -0.3 is 9.47 Å². The van der Waals surface area contributed by atoms with Gasteiger partial charge in [0.1, 0.15) is 23.0 Å². The number of hydrogen-bond donors (Lipinski definition) is 0. The van der Waals surface area contributed by atoms with Gasteiger partial charge >= 0.3 is 0 Å². The fourth-order valence-corrected chi connectivity index (χ4v) is 1.78. The van der Waals surface area contributed by atoms with E-state index >= 15 is 0 Å². The molecule has 20 heavy (non-hydrogen) atoms. The Morgan fingerprint density at radius 3 is 1.50 bits per heavy atom. The van der Waals surface area contributed by atoms with Crippen LogP contribution in [-0.2, 0) is 0 Å². The molecule has 0 aromatic heterocycles. The number of ether oxygens (including phenoxy) is 2. The SMILES string of the molecule is [c]1ccc(Oc2ccc(Oc3ccccc3)cc2)cc1. The Balaban J connectivity index is 1.69. The summed E-state index contributed by atoms with van der Waals surface area (Å²) in [7, 11) is 0. The molecule has 0 aliphatic rings. The van der Waals surface area contributed by atoms with Crippen LogP contribution in [0.1, 0.15) is 0 Å². The van der Waals surface area contributed by atoms with E-state index in [1.807, 2.05) is 78.9 Å². The highest BCUT2D eigenvalue weighted by atomic mass is 16.5. The summed E-state index contributed by atoms with van der Waals surface area (Å²) in [5.41, 5.74) is 0. The highest BCUT2D eigenvalue weighted by Gasteiger charge is 1.99. The molecule has 2 nitrogen and oxygen atoms in total. The van der Waals surface area contributed by atoms with Crippen molar-refractivity contribution in [1.82, 2.24) is 0 Å². The van der Waals surface area contributed by atoms with E-state index in [2.05, 4.69) is 6.07 Å². The van der Waals surface area contributed by atoms with Crippen LogP contribution >= 0.6 is 0 Å². The van der Waals surface area contributed by atoms with Crippen LogP contribution in [0.4, 0.5) is 0 Å². The lowest BCUT2D eigenvalue weighted by Crippen LogP contribution is -1.85. The molecule has 0 amide bonds. The van der Waals surface area contributed by atoms with E-state index in [-0.39, 0.29) is 0 Å². The topological polar surface area (TPSA) is 18.5 Å². The van der Waals surface area contributed by atoms with Crippen molar-refractivity contribution in [2.75, 3.05) is 0 Å². The number of benzene rings is 3. The minimum Gasteiger partial charge on any atom is -0.457 e. The van der Waals surface area contributed by atoms with Crippen molar-refractivity contribution >= 4 is 0 Å². The first-order valence-electron chi connectivity index (χ1n) is 6.37. The van der Waals surface area contributed by atoms with Gasteiger partial charge in [0, 0.05) is 0 Å². The Bertz CT molecular complexity index is 586. The minimum atomic E-state index is 0.775. The first-order chi connectivity index (χ1) is 9.90. The minimum absolute atomic E-state index is 0.775. The second kappa shape index (κ2) is 5.93. The molecule has 3 rings (SSSR count). The molecule has 0 fully saturated rings. The molecule has 0 spiro atoms. The van der Waals surface area contributed by atoms with E-state index in [0.717, 1.165) is 23.0 Å². The van der Waals surface area contributed by atoms with Crippen LogP contribution in [-0.4, -0.2) is 0 Å². The number of hydrogen-bond acceptors (Lipinski definition) is 2. The van der Waals surface area contributed by atoms with E-state index in [9.17, 15) is 0 Å². The standard InChI is InChI=1S/C18H13O2/c1-3-7-15(8-4-1)19-17-11-13-18(14-12-17)20-16-9-5-2-6-10-16/h1,3-14H. The molecule has 1 radical (unpaired) electrons. The summed E-state index contributed by atoms with van der Waals surface area (Å²) in [5, 5.41) is 0. The van der Waals surface area contributed by atoms with Gasteiger partial charge in [0.2, 0.25) is 0 Å². The fraction of sp³-hybridized carbons (Fsp3) is 0. The van der Waals surface area contributed by atoms with Gasteiger partial charge in [0.25, 0.3) is 0 Å². The maximum atomic E-state index is 5.72. The van der Waals surface area contributed by atoms with Crippen molar-refractivity contribution in [3.63, 3.8) is 0 Å². The van der Waals surface area contributed by atoms with Crippen LogP contribution in [0.2, 0.25) is 0 Å². The van der Waals surface area contributed by atoms with E-state index in [1.54, 1.807) is 0 Å². The zero-order valence-corrected chi connectivity index (χ0v) is 10.8. The summed E-state index contributed by atoms with van der Waals surface area (Å²) in [6.45, 7) is 0. The maximum Gasteiger partial charge on any atom is 0.127 e. The first-order valence-corrected chi connectivity index (χ1v) is 6.37. The molecule has 0 heterocycles. The highest BCUT2D eigenvalue weighted by Crippen LogP contribution is 2.26. The third-order valence-corrected chi connectivity index (χ3v) is 2.73. The molecule has 0 atom stereocenters. The smallest absolute Gasteiger partial charge is 0.127 e. The van der Waals surface area contributed by atoms with Crippen molar-refractivity contribution < 1.29 is 9.47 Å². The Labute approximate surface area is 118 Å². The molecular formula is C18H13O2. The summed E-state index contributed by atoms with van der Waals surface area (Å²) in [6, 6.07) is 27.6. The van der Waals surface area contributed by atoms with Crippen LogP contribution in [0.25, 0.3) is 0 Å². The van der Waals surface area contributed by atoms with Crippen molar-refractivity contribution in [3.05, 3.63) is 84.9 Å². The molecule has 3 aromatic rings. The van der Waals surface area contributed by atoms with Crippen molar-refractivity contribution in [2.24, 2.45) is 0 Å². The lowest BCUT2D eigenvalue weighted by molar-refractivity contribution is 0.469. The third-order valence-electron chi connectivity index (χ3n) is 2.73. The summed E-state index contributed by atoms with van der Waals surface area (Å²) in [5.74, 6) is 3.17. The lowest BCUT2D eigenvalue weighted by atomic mass is 10.3. The maximum absolute atomic E-state index is 5.72. The molecule has 0 unspecified atom stereocenters. The summed E-state index contributed by atoms with van der Waals surface area (Å²) < 4.78 is 11.4. The van der Waals surface area contributed by atoms with Crippen LogP contribution in [0.3, 0.4) is 0 Å². The molecule has 0 aliphatic carbocycles. The molecule has 0 N–H and O–H groups in total. The van der Waals surface area contributed by atoms with Gasteiger partial charge in [-0.1, -0.05) is 30.3 Å². The van der Waals surface area contributed by atoms with Gasteiger partial charge in [-0.05, 0) is 54.6 Å². The van der Waals surface area contributed by atoms with Gasteiger partial charge in [-0.25, -0.2) is 0 Å². The Morgan fingerprint density at radius 1 is 0.500 bits per heavy atom. The van der Waals surface area contributed by atoms with Crippen molar-refractivity contribution in [3.8, 4) is 23.0 Å². The zero-order chi connectivity index (χ0) is 13.6. The van der Waals surface area contributed by atoms with E-state index in [1.165, 1.54) is 0 Å². The molecule has 0 saturated heterocycles. The normalized spacial score (nSPS) is 10.0. The van der Waals surface area contributed by atoms with Crippen LogP contribution in [0, 0.1) is 6.07 Å². The Hall–Kier alpha value is -2.74. The molecule has 0 aliphatic heterocycles. The number of rotatable bonds is 4. The highest BCUT2D eigenvalue weighted by molar-refractivity contribution is 5.37. The van der Waals surface area contributed by atoms with Gasteiger partial charge in [-0.15, -0.1) is 0 Å². The third kappa shape index (κ3) is 3.18. The predicted molar refractivity (Wildman–Crippen MR) is 78.3 cm³/mol. The van der Waals surface area contributed by atoms with Gasteiger partial charge in [-0.2, -0.15) is 0 Å². The monoisotopic (exact) mass is 261 g/mol. The molecule has 3 aromatic carbocycles. The van der Waals surface area contributed by atoms with Crippen molar-refractivity contribution in [2.45, 2.75) is 0 Å². The average molecular weight is 261 g/mol. The fourth-order valence-electron chi connectivity index (χ4n) is 1.78. The van der Waals surface area contributed by atoms with Crippen LogP contribution in [0.15, 0.2) is 78.9 Å². The molecule has 0 bridgehead atoms. The second-order valence-corrected chi connectivity index (χ2v) is 4.22. The molecule has 97 valence electrons. The van der Waals surface area contributed by atoms with Gasteiger partial charge in [0.15, 0.2) is 0 Å². The Morgan fingerprint density at radius 2 is 0.950 bits per heavy atom. The van der Waals surface area contributed by atoms with Gasteiger partial charge in [0.05, 0.1) is 0 Å². The van der Waals surface area contributed by atoms with E-state index < -0.39 is 0 Å². The largest absolute Gasteiger partial charge is 0.457 e. The van der Waals surface area contributed by atoms with Crippen LogP contribution in [0.5, 0.6) is 23.0 Å². The predicted octanol–water partition coefficient (Wildman–Crippen LogP) is 5.07. The summed E-state index contributed by atoms with van der Waals surface area (Å²) in [6.07, 6.45) is 0. The van der Waals surface area contributed by atoms with E-state index in [0.29, 0.717) is 0 Å². The summed E-state index contributed by atoms with van der Waals surface area (Å²) in [4.78, 5) is 0. The zero-order valence-electron chi connectivity index (χ0n) is 10.8. The van der Waals surface area contributed by atoms with Gasteiger partial charge in [-0.3, -0.25) is 0 Å². The molecule has 2 heteroatoms. The van der Waals surface area contributed by atoms with E-state index in [4.69, 9.17) is 9.47 Å². The second-order valence-electron chi connectivity index (χ2n) is 4.22.